The molecule has 0 saturated carbocycles. The van der Waals surface area contributed by atoms with Crippen LogP contribution in [-0.4, -0.2) is 18.1 Å². The molecule has 0 aromatic heterocycles. The molecule has 2 aromatic rings. The van der Waals surface area contributed by atoms with Crippen molar-refractivity contribution in [1.82, 2.24) is 4.90 Å². The Morgan fingerprint density at radius 3 is 2.50 bits per heavy atom. The van der Waals surface area contributed by atoms with Crippen LogP contribution in [0.5, 0.6) is 5.75 Å². The maximum atomic E-state index is 5.30. The van der Waals surface area contributed by atoms with Crippen LogP contribution in [0, 0.1) is 0 Å². The van der Waals surface area contributed by atoms with Gasteiger partial charge in [0.2, 0.25) is 0 Å². The molecule has 0 aliphatic carbocycles. The first kappa shape index (κ1) is 16.2. The van der Waals surface area contributed by atoms with Crippen LogP contribution >= 0.6 is 15.9 Å². The van der Waals surface area contributed by atoms with Gasteiger partial charge >= 0.3 is 0 Å². The molecule has 2 nitrogen and oxygen atoms in total. The van der Waals surface area contributed by atoms with E-state index in [0.717, 1.165) is 22.8 Å². The molecule has 2 aliphatic rings. The molecule has 4 rings (SSSR count). The van der Waals surface area contributed by atoms with Crippen LogP contribution in [0.25, 0.3) is 0 Å². The van der Waals surface area contributed by atoms with Gasteiger partial charge in [-0.1, -0.05) is 40.2 Å². The Morgan fingerprint density at radius 1 is 1.04 bits per heavy atom. The van der Waals surface area contributed by atoms with Crippen molar-refractivity contribution in [2.24, 2.45) is 0 Å². The highest BCUT2D eigenvalue weighted by molar-refractivity contribution is 9.10. The number of piperidine rings is 1. The van der Waals surface area contributed by atoms with Crippen molar-refractivity contribution in [3.05, 3.63) is 64.1 Å². The molecule has 3 heteroatoms. The van der Waals surface area contributed by atoms with Crippen molar-refractivity contribution >= 4 is 15.9 Å². The molecule has 0 N–H and O–H groups in total. The summed E-state index contributed by atoms with van der Waals surface area (Å²) in [5, 5.41) is 0. The van der Waals surface area contributed by atoms with Gasteiger partial charge < -0.3 is 4.74 Å². The number of halogens is 1. The Bertz CT molecular complexity index is 693. The summed E-state index contributed by atoms with van der Waals surface area (Å²) >= 11 is 3.58. The van der Waals surface area contributed by atoms with Crippen LogP contribution in [0.1, 0.15) is 43.2 Å². The van der Waals surface area contributed by atoms with Crippen molar-refractivity contribution in [2.75, 3.05) is 7.11 Å². The smallest absolute Gasteiger partial charge is 0.118 e. The van der Waals surface area contributed by atoms with Crippen molar-refractivity contribution in [3.8, 4) is 5.75 Å². The van der Waals surface area contributed by atoms with Crippen LogP contribution in [0.2, 0.25) is 0 Å². The van der Waals surface area contributed by atoms with E-state index in [0.29, 0.717) is 0 Å². The molecule has 24 heavy (non-hydrogen) atoms. The lowest BCUT2D eigenvalue weighted by molar-refractivity contribution is 0.0426. The van der Waals surface area contributed by atoms with Crippen LogP contribution in [0.15, 0.2) is 53.0 Å². The quantitative estimate of drug-likeness (QED) is 0.688. The van der Waals surface area contributed by atoms with E-state index in [1.807, 2.05) is 0 Å². The zero-order chi connectivity index (χ0) is 16.6. The molecule has 2 bridgehead atoms. The second-order valence-corrected chi connectivity index (χ2v) is 8.01. The number of methoxy groups -OCH3 is 1. The molecule has 2 atom stereocenters. The van der Waals surface area contributed by atoms with E-state index in [9.17, 15) is 0 Å². The lowest BCUT2D eigenvalue weighted by Gasteiger charge is -2.45. The fraction of sp³-hybridized carbons (Fsp3) is 0.429. The summed E-state index contributed by atoms with van der Waals surface area (Å²) in [4.78, 5) is 2.78. The summed E-state index contributed by atoms with van der Waals surface area (Å²) in [6.07, 6.45) is 6.58. The van der Waals surface area contributed by atoms with Crippen LogP contribution in [0.3, 0.4) is 0 Å². The number of fused-ring (bicyclic) bond motifs is 2. The van der Waals surface area contributed by atoms with Crippen molar-refractivity contribution in [1.29, 1.82) is 0 Å². The van der Waals surface area contributed by atoms with E-state index in [-0.39, 0.29) is 5.54 Å². The molecule has 126 valence electrons. The highest BCUT2D eigenvalue weighted by Crippen LogP contribution is 2.51. The van der Waals surface area contributed by atoms with Gasteiger partial charge in [0.1, 0.15) is 5.75 Å². The third-order valence-corrected chi connectivity index (χ3v) is 6.43. The number of nitrogens with zero attached hydrogens (tertiary/aromatic N) is 1. The summed E-state index contributed by atoms with van der Waals surface area (Å²) in [6.45, 7) is 1.03. The fourth-order valence-electron chi connectivity index (χ4n) is 4.68. The highest BCUT2D eigenvalue weighted by atomic mass is 79.9. The normalized spacial score (nSPS) is 26.5. The minimum Gasteiger partial charge on any atom is -0.497 e. The first-order valence-electron chi connectivity index (χ1n) is 8.87. The van der Waals surface area contributed by atoms with Gasteiger partial charge in [-0.05, 0) is 67.5 Å². The van der Waals surface area contributed by atoms with E-state index in [1.54, 1.807) is 7.11 Å². The Balaban J connectivity index is 1.65. The Morgan fingerprint density at radius 2 is 1.79 bits per heavy atom. The van der Waals surface area contributed by atoms with Gasteiger partial charge in [-0.25, -0.2) is 0 Å². The maximum absolute atomic E-state index is 5.30. The molecule has 0 spiro atoms. The third kappa shape index (κ3) is 2.78. The van der Waals surface area contributed by atoms with Crippen molar-refractivity contribution < 1.29 is 4.74 Å². The minimum absolute atomic E-state index is 0.226. The monoisotopic (exact) mass is 385 g/mol. The molecule has 2 aliphatic heterocycles. The Hall–Kier alpha value is -1.32. The van der Waals surface area contributed by atoms with Crippen LogP contribution in [-0.2, 0) is 12.1 Å². The maximum Gasteiger partial charge on any atom is 0.118 e. The second kappa shape index (κ2) is 6.53. The first-order chi connectivity index (χ1) is 11.7. The molecule has 2 unspecified atom stereocenters. The van der Waals surface area contributed by atoms with E-state index < -0.39 is 0 Å². The van der Waals surface area contributed by atoms with Gasteiger partial charge in [-0.15, -0.1) is 0 Å². The van der Waals surface area contributed by atoms with Gasteiger partial charge in [-0.2, -0.15) is 0 Å². The van der Waals surface area contributed by atoms with Gasteiger partial charge in [0, 0.05) is 22.6 Å². The highest BCUT2D eigenvalue weighted by Gasteiger charge is 2.49. The van der Waals surface area contributed by atoms with Crippen molar-refractivity contribution in [3.63, 3.8) is 0 Å². The van der Waals surface area contributed by atoms with Gasteiger partial charge in [0.15, 0.2) is 0 Å². The zero-order valence-corrected chi connectivity index (χ0v) is 15.8. The predicted molar refractivity (Wildman–Crippen MR) is 101 cm³/mol. The molecular formula is C21H24BrNO. The lowest BCUT2D eigenvalue weighted by atomic mass is 9.81. The predicted octanol–water partition coefficient (Wildman–Crippen LogP) is 5.50. The molecule has 2 heterocycles. The average Bonchev–Trinajstić information content (AvgIpc) is 2.81. The molecule has 0 amide bonds. The molecule has 0 radical (unpaired) electrons. The second-order valence-electron chi connectivity index (χ2n) is 7.10. The van der Waals surface area contributed by atoms with Gasteiger partial charge in [-0.3, -0.25) is 4.90 Å². The Kier molecular flexibility index (Phi) is 4.40. The summed E-state index contributed by atoms with van der Waals surface area (Å²) < 4.78 is 6.46. The molecule has 2 fully saturated rings. The number of hydrogen-bond acceptors (Lipinski definition) is 2. The van der Waals surface area contributed by atoms with Gasteiger partial charge in [0.25, 0.3) is 0 Å². The summed E-state index contributed by atoms with van der Waals surface area (Å²) in [5.74, 6) is 0.933. The molecular weight excluding hydrogens is 362 g/mol. The minimum atomic E-state index is 0.226. The third-order valence-electron chi connectivity index (χ3n) is 5.90. The lowest BCUT2D eigenvalue weighted by Crippen LogP contribution is -2.47. The van der Waals surface area contributed by atoms with Crippen molar-refractivity contribution in [2.45, 2.75) is 50.2 Å². The van der Waals surface area contributed by atoms with E-state index >= 15 is 0 Å². The van der Waals surface area contributed by atoms with Gasteiger partial charge in [0.05, 0.1) is 7.11 Å². The van der Waals surface area contributed by atoms with Crippen LogP contribution in [0.4, 0.5) is 0 Å². The average molecular weight is 386 g/mol. The zero-order valence-electron chi connectivity index (χ0n) is 14.2. The van der Waals surface area contributed by atoms with E-state index in [4.69, 9.17) is 4.74 Å². The van der Waals surface area contributed by atoms with E-state index in [1.165, 1.54) is 43.2 Å². The topological polar surface area (TPSA) is 12.5 Å². The largest absolute Gasteiger partial charge is 0.497 e. The van der Waals surface area contributed by atoms with E-state index in [2.05, 4.69) is 69.4 Å². The SMILES string of the molecule is COc1ccc(CN2C3CCCC2(c2ccc(Br)cc2)CC3)cc1. The van der Waals surface area contributed by atoms with Crippen LogP contribution < -0.4 is 4.74 Å². The standard InChI is InChI=1S/C21H24BrNO/c1-24-20-10-4-16(5-11-20)15-23-19-3-2-13-21(23,14-12-19)17-6-8-18(22)9-7-17/h4-11,19H,2-3,12-15H2,1H3. The Labute approximate surface area is 153 Å². The summed E-state index contributed by atoms with van der Waals surface area (Å²) in [5.41, 5.74) is 3.09. The molecule has 2 saturated heterocycles. The number of ether oxygens (including phenoxy) is 1. The number of rotatable bonds is 4. The fourth-order valence-corrected chi connectivity index (χ4v) is 4.94. The summed E-state index contributed by atoms with van der Waals surface area (Å²) in [7, 11) is 1.72. The molecule has 2 aromatic carbocycles. The number of hydrogen-bond donors (Lipinski definition) is 0. The number of benzene rings is 2. The summed E-state index contributed by atoms with van der Waals surface area (Å²) in [6, 6.07) is 18.3. The first-order valence-corrected chi connectivity index (χ1v) is 9.66.